The van der Waals surface area contributed by atoms with Gasteiger partial charge in [0.15, 0.2) is 12.4 Å². The van der Waals surface area contributed by atoms with E-state index in [2.05, 4.69) is 9.78 Å². The molecule has 1 aliphatic heterocycles. The van der Waals surface area contributed by atoms with Gasteiger partial charge < -0.3 is 25.2 Å². The molecule has 1 saturated heterocycles. The molecule has 0 radical (unpaired) electrons. The zero-order valence-corrected chi connectivity index (χ0v) is 8.52. The first kappa shape index (κ1) is 13.3. The summed E-state index contributed by atoms with van der Waals surface area (Å²) in [5.41, 5.74) is 0. The van der Waals surface area contributed by atoms with Gasteiger partial charge in [-0.2, -0.15) is 4.89 Å². The number of hydrogen-bond donors (Lipinski definition) is 4. The predicted octanol–water partition coefficient (Wildman–Crippen LogP) is -2.72. The van der Waals surface area contributed by atoms with E-state index in [1.54, 1.807) is 0 Å². The van der Waals surface area contributed by atoms with Gasteiger partial charge in [-0.1, -0.05) is 0 Å². The van der Waals surface area contributed by atoms with Crippen LogP contribution in [-0.4, -0.2) is 63.7 Å². The molecule has 0 spiro atoms. The van der Waals surface area contributed by atoms with Crippen LogP contribution in [-0.2, 0) is 19.3 Å². The zero-order chi connectivity index (χ0) is 12.3. The van der Waals surface area contributed by atoms with E-state index in [1.807, 2.05) is 0 Å². The predicted molar refractivity (Wildman–Crippen MR) is 46.6 cm³/mol. The third-order valence-corrected chi connectivity index (χ3v) is 2.12. The lowest BCUT2D eigenvalue weighted by Gasteiger charge is -2.38. The Balaban J connectivity index is 2.65. The Morgan fingerprint density at radius 1 is 1.31 bits per heavy atom. The number of aliphatic hydroxyl groups is 4. The molecule has 94 valence electrons. The summed E-state index contributed by atoms with van der Waals surface area (Å²) >= 11 is 0. The summed E-state index contributed by atoms with van der Waals surface area (Å²) in [7, 11) is 0. The van der Waals surface area contributed by atoms with Gasteiger partial charge in [0.2, 0.25) is 0 Å². The molecule has 5 atom stereocenters. The molecule has 0 aliphatic carbocycles. The van der Waals surface area contributed by atoms with E-state index in [0.717, 1.165) is 6.92 Å². The van der Waals surface area contributed by atoms with Gasteiger partial charge in [0, 0.05) is 6.92 Å². The summed E-state index contributed by atoms with van der Waals surface area (Å²) in [6.45, 7) is 0.502. The van der Waals surface area contributed by atoms with Crippen molar-refractivity contribution in [1.29, 1.82) is 0 Å². The maximum Gasteiger partial charge on any atom is 0.339 e. The fourth-order valence-corrected chi connectivity index (χ4v) is 1.31. The van der Waals surface area contributed by atoms with Crippen molar-refractivity contribution in [2.75, 3.05) is 6.61 Å². The SMILES string of the molecule is CC(=O)OO[C@@H]1[C@H](O)[C@@H](O)C(O)O[C@@H]1CO. The molecule has 1 aliphatic rings. The molecule has 0 aromatic carbocycles. The van der Waals surface area contributed by atoms with Crippen LogP contribution >= 0.6 is 0 Å². The molecule has 0 aromatic heterocycles. The Labute approximate surface area is 90.9 Å². The minimum atomic E-state index is -1.63. The smallest absolute Gasteiger partial charge is 0.339 e. The maximum atomic E-state index is 10.5. The molecule has 0 aromatic rings. The third kappa shape index (κ3) is 2.88. The summed E-state index contributed by atoms with van der Waals surface area (Å²) < 4.78 is 4.74. The summed E-state index contributed by atoms with van der Waals surface area (Å²) in [6, 6.07) is 0. The minimum Gasteiger partial charge on any atom is -0.394 e. The van der Waals surface area contributed by atoms with E-state index in [9.17, 15) is 15.0 Å². The van der Waals surface area contributed by atoms with Crippen LogP contribution < -0.4 is 0 Å². The number of hydrogen-bond acceptors (Lipinski definition) is 8. The highest BCUT2D eigenvalue weighted by molar-refractivity contribution is 5.65. The number of aliphatic hydroxyl groups excluding tert-OH is 4. The maximum absolute atomic E-state index is 10.5. The van der Waals surface area contributed by atoms with Crippen molar-refractivity contribution in [3.63, 3.8) is 0 Å². The first-order valence-corrected chi connectivity index (χ1v) is 4.61. The molecule has 1 unspecified atom stereocenters. The van der Waals surface area contributed by atoms with Crippen LogP contribution in [0.4, 0.5) is 0 Å². The van der Waals surface area contributed by atoms with E-state index in [4.69, 9.17) is 14.9 Å². The molecule has 4 N–H and O–H groups in total. The number of rotatable bonds is 3. The molecule has 0 bridgehead atoms. The second-order valence-corrected chi connectivity index (χ2v) is 3.36. The quantitative estimate of drug-likeness (QED) is 0.308. The fraction of sp³-hybridized carbons (Fsp3) is 0.875. The molecular weight excluding hydrogens is 224 g/mol. The molecule has 1 rings (SSSR count). The zero-order valence-electron chi connectivity index (χ0n) is 8.52. The first-order valence-electron chi connectivity index (χ1n) is 4.61. The summed E-state index contributed by atoms with van der Waals surface area (Å²) in [4.78, 5) is 19.2. The number of carbonyl (C=O) groups excluding carboxylic acids is 1. The topological polar surface area (TPSA) is 126 Å². The molecule has 1 heterocycles. The van der Waals surface area contributed by atoms with Crippen LogP contribution in [0.25, 0.3) is 0 Å². The normalized spacial score (nSPS) is 39.4. The average Bonchev–Trinajstić information content (AvgIpc) is 2.23. The van der Waals surface area contributed by atoms with Gasteiger partial charge in [-0.3, -0.25) is 4.89 Å². The van der Waals surface area contributed by atoms with Crippen molar-refractivity contribution in [2.24, 2.45) is 0 Å². The Bertz CT molecular complexity index is 242. The standard InChI is InChI=1S/C8H14O8/c1-3(10)15-16-7-4(2-9)14-8(13)6(12)5(7)11/h4-9,11-13H,2H2,1H3/t4-,5-,6-,7+,8?/m1/s1. The van der Waals surface area contributed by atoms with Crippen LogP contribution in [0.15, 0.2) is 0 Å². The van der Waals surface area contributed by atoms with Crippen LogP contribution in [0.5, 0.6) is 0 Å². The van der Waals surface area contributed by atoms with Crippen LogP contribution in [0.1, 0.15) is 6.92 Å². The Morgan fingerprint density at radius 2 is 1.94 bits per heavy atom. The summed E-state index contributed by atoms with van der Waals surface area (Å²) in [6.07, 6.45) is -7.16. The molecule has 16 heavy (non-hydrogen) atoms. The van der Waals surface area contributed by atoms with Crippen LogP contribution in [0.3, 0.4) is 0 Å². The van der Waals surface area contributed by atoms with Gasteiger partial charge in [-0.05, 0) is 0 Å². The van der Waals surface area contributed by atoms with Crippen molar-refractivity contribution in [3.05, 3.63) is 0 Å². The van der Waals surface area contributed by atoms with Crippen molar-refractivity contribution < 1.29 is 39.7 Å². The van der Waals surface area contributed by atoms with Gasteiger partial charge in [-0.15, -0.1) is 0 Å². The lowest BCUT2D eigenvalue weighted by Crippen LogP contribution is -2.59. The van der Waals surface area contributed by atoms with E-state index >= 15 is 0 Å². The van der Waals surface area contributed by atoms with E-state index < -0.39 is 43.3 Å². The second kappa shape index (κ2) is 5.53. The van der Waals surface area contributed by atoms with E-state index in [-0.39, 0.29) is 0 Å². The summed E-state index contributed by atoms with van der Waals surface area (Å²) in [5, 5.41) is 36.8. The van der Waals surface area contributed by atoms with Gasteiger partial charge >= 0.3 is 5.97 Å². The van der Waals surface area contributed by atoms with Gasteiger partial charge in [-0.25, -0.2) is 4.79 Å². The van der Waals surface area contributed by atoms with Crippen molar-refractivity contribution in [1.82, 2.24) is 0 Å². The summed E-state index contributed by atoms with van der Waals surface area (Å²) in [5.74, 6) is -0.760. The van der Waals surface area contributed by atoms with Crippen LogP contribution in [0, 0.1) is 0 Å². The monoisotopic (exact) mass is 238 g/mol. The van der Waals surface area contributed by atoms with Crippen LogP contribution in [0.2, 0.25) is 0 Å². The number of ether oxygens (including phenoxy) is 1. The largest absolute Gasteiger partial charge is 0.394 e. The molecule has 8 heteroatoms. The fourth-order valence-electron chi connectivity index (χ4n) is 1.31. The average molecular weight is 238 g/mol. The van der Waals surface area contributed by atoms with Crippen molar-refractivity contribution in [2.45, 2.75) is 37.6 Å². The Kier molecular flexibility index (Phi) is 4.59. The van der Waals surface area contributed by atoms with Gasteiger partial charge in [0.25, 0.3) is 0 Å². The molecule has 8 nitrogen and oxygen atoms in total. The lowest BCUT2D eigenvalue weighted by atomic mass is 9.99. The molecule has 1 fully saturated rings. The first-order chi connectivity index (χ1) is 7.47. The molecular formula is C8H14O8. The second-order valence-electron chi connectivity index (χ2n) is 3.36. The van der Waals surface area contributed by atoms with Crippen molar-refractivity contribution >= 4 is 5.97 Å². The van der Waals surface area contributed by atoms with E-state index in [0.29, 0.717) is 0 Å². The highest BCUT2D eigenvalue weighted by Gasteiger charge is 2.45. The van der Waals surface area contributed by atoms with Crippen molar-refractivity contribution in [3.8, 4) is 0 Å². The number of carbonyl (C=O) groups is 1. The molecule has 0 amide bonds. The third-order valence-electron chi connectivity index (χ3n) is 2.12. The van der Waals surface area contributed by atoms with Gasteiger partial charge in [0.05, 0.1) is 6.61 Å². The Morgan fingerprint density at radius 3 is 2.44 bits per heavy atom. The Hall–Kier alpha value is -0.770. The van der Waals surface area contributed by atoms with Gasteiger partial charge in [0.1, 0.15) is 18.3 Å². The lowest BCUT2D eigenvalue weighted by molar-refractivity contribution is -0.372. The highest BCUT2D eigenvalue weighted by Crippen LogP contribution is 2.22. The van der Waals surface area contributed by atoms with E-state index in [1.165, 1.54) is 0 Å². The minimum absolute atomic E-state index is 0.577. The molecule has 0 saturated carbocycles. The highest BCUT2D eigenvalue weighted by atomic mass is 17.2.